The maximum Gasteiger partial charge on any atom is 0.339 e. The molecule has 3 N–H and O–H groups in total. The number of ether oxygens (including phenoxy) is 1. The number of benzene rings is 1. The van der Waals surface area contributed by atoms with Gasteiger partial charge in [-0.2, -0.15) is 0 Å². The van der Waals surface area contributed by atoms with Gasteiger partial charge in [-0.05, 0) is 6.07 Å². The fourth-order valence-corrected chi connectivity index (χ4v) is 1.32. The molecule has 0 saturated carbocycles. The number of aromatic carboxylic acids is 1. The Morgan fingerprint density at radius 2 is 2.00 bits per heavy atom. The molecule has 0 aliphatic heterocycles. The van der Waals surface area contributed by atoms with Crippen molar-refractivity contribution < 1.29 is 29.2 Å². The predicted molar refractivity (Wildman–Crippen MR) is 67.5 cm³/mol. The summed E-state index contributed by atoms with van der Waals surface area (Å²) < 4.78 is 4.90. The van der Waals surface area contributed by atoms with Crippen molar-refractivity contribution in [3.63, 3.8) is 0 Å². The van der Waals surface area contributed by atoms with Crippen LogP contribution < -0.4 is 15.6 Å². The smallest absolute Gasteiger partial charge is 0.339 e. The number of nitro groups is 1. The Labute approximate surface area is 117 Å². The second-order valence-corrected chi connectivity index (χ2v) is 3.73. The Hall–Kier alpha value is -3.17. The first-order chi connectivity index (χ1) is 9.82. The van der Waals surface area contributed by atoms with Gasteiger partial charge in [0, 0.05) is 13.0 Å². The van der Waals surface area contributed by atoms with Crippen LogP contribution in [0.15, 0.2) is 18.2 Å². The lowest BCUT2D eigenvalue weighted by atomic mass is 10.2. The zero-order valence-corrected chi connectivity index (χ0v) is 10.8. The topological polar surface area (TPSA) is 148 Å². The van der Waals surface area contributed by atoms with Crippen molar-refractivity contribution in [1.82, 2.24) is 10.9 Å². The summed E-state index contributed by atoms with van der Waals surface area (Å²) in [4.78, 5) is 42.9. The van der Waals surface area contributed by atoms with Gasteiger partial charge in [-0.1, -0.05) is 6.07 Å². The highest BCUT2D eigenvalue weighted by Crippen LogP contribution is 2.30. The van der Waals surface area contributed by atoms with Gasteiger partial charge in [0.15, 0.2) is 6.61 Å². The highest BCUT2D eigenvalue weighted by molar-refractivity contribution is 5.92. The van der Waals surface area contributed by atoms with E-state index < -0.39 is 46.3 Å². The van der Waals surface area contributed by atoms with Crippen molar-refractivity contribution in [2.24, 2.45) is 0 Å². The molecule has 10 heteroatoms. The summed E-state index contributed by atoms with van der Waals surface area (Å²) in [6.07, 6.45) is 0. The Morgan fingerprint density at radius 1 is 1.33 bits per heavy atom. The molecule has 0 aromatic heterocycles. The zero-order valence-electron chi connectivity index (χ0n) is 10.8. The predicted octanol–water partition coefficient (Wildman–Crippen LogP) is -0.161. The van der Waals surface area contributed by atoms with E-state index in [-0.39, 0.29) is 0 Å². The van der Waals surface area contributed by atoms with Crippen LogP contribution in [-0.4, -0.2) is 34.4 Å². The van der Waals surface area contributed by atoms with Gasteiger partial charge in [-0.25, -0.2) is 4.79 Å². The minimum atomic E-state index is -1.43. The molecule has 21 heavy (non-hydrogen) atoms. The Balaban J connectivity index is 2.90. The maximum absolute atomic E-state index is 11.3. The van der Waals surface area contributed by atoms with Crippen LogP contribution in [-0.2, 0) is 9.59 Å². The van der Waals surface area contributed by atoms with E-state index in [0.717, 1.165) is 19.1 Å². The number of carboxylic acids is 1. The molecule has 1 aromatic carbocycles. The lowest BCUT2D eigenvalue weighted by molar-refractivity contribution is -0.385. The zero-order chi connectivity index (χ0) is 16.0. The third-order valence-electron chi connectivity index (χ3n) is 2.15. The van der Waals surface area contributed by atoms with Crippen LogP contribution in [0.2, 0.25) is 0 Å². The molecule has 2 amide bonds. The molecule has 0 atom stereocenters. The summed E-state index contributed by atoms with van der Waals surface area (Å²) in [7, 11) is 0. The second kappa shape index (κ2) is 6.84. The number of hydrazine groups is 1. The summed E-state index contributed by atoms with van der Waals surface area (Å²) >= 11 is 0. The van der Waals surface area contributed by atoms with E-state index in [9.17, 15) is 24.5 Å². The number of para-hydroxylation sites is 1. The monoisotopic (exact) mass is 297 g/mol. The fraction of sp³-hybridized carbons (Fsp3) is 0.182. The number of carboxylic acid groups (broad SMARTS) is 1. The van der Waals surface area contributed by atoms with Crippen molar-refractivity contribution in [2.75, 3.05) is 6.61 Å². The third-order valence-corrected chi connectivity index (χ3v) is 2.15. The number of carbonyl (C=O) groups excluding carboxylic acids is 2. The number of nitrogens with one attached hydrogen (secondary N) is 2. The normalized spacial score (nSPS) is 9.57. The average molecular weight is 297 g/mol. The van der Waals surface area contributed by atoms with Gasteiger partial charge >= 0.3 is 11.7 Å². The highest BCUT2D eigenvalue weighted by Gasteiger charge is 2.23. The number of rotatable bonds is 5. The number of hydrogen-bond donors (Lipinski definition) is 3. The first-order valence-electron chi connectivity index (χ1n) is 5.52. The molecule has 10 nitrogen and oxygen atoms in total. The molecule has 0 unspecified atom stereocenters. The fourth-order valence-electron chi connectivity index (χ4n) is 1.32. The van der Waals surface area contributed by atoms with E-state index >= 15 is 0 Å². The van der Waals surface area contributed by atoms with E-state index in [1.165, 1.54) is 6.07 Å². The summed E-state index contributed by atoms with van der Waals surface area (Å²) in [5.41, 5.74) is 2.93. The van der Waals surface area contributed by atoms with E-state index in [1.807, 2.05) is 10.9 Å². The SMILES string of the molecule is CC(=O)NNC(=O)COc1c(C(=O)O)cccc1[N+](=O)[O-]. The number of hydrogen-bond acceptors (Lipinski definition) is 6. The van der Waals surface area contributed by atoms with Gasteiger partial charge in [0.25, 0.3) is 5.91 Å². The summed E-state index contributed by atoms with van der Waals surface area (Å²) in [5.74, 6) is -3.30. The van der Waals surface area contributed by atoms with Crippen molar-refractivity contribution in [3.8, 4) is 5.75 Å². The molecule has 0 spiro atoms. The number of nitrogens with zero attached hydrogens (tertiary/aromatic N) is 1. The van der Waals surface area contributed by atoms with Gasteiger partial charge < -0.3 is 9.84 Å². The first-order valence-corrected chi connectivity index (χ1v) is 5.52. The Morgan fingerprint density at radius 3 is 2.52 bits per heavy atom. The summed E-state index contributed by atoms with van der Waals surface area (Å²) in [6, 6.07) is 3.34. The molecule has 0 radical (unpaired) electrons. The molecule has 0 fully saturated rings. The van der Waals surface area contributed by atoms with Gasteiger partial charge in [0.1, 0.15) is 5.56 Å². The van der Waals surface area contributed by atoms with Crippen LogP contribution in [0, 0.1) is 10.1 Å². The number of carbonyl (C=O) groups is 3. The number of nitro benzene ring substituents is 1. The molecule has 0 heterocycles. The third kappa shape index (κ3) is 4.45. The quantitative estimate of drug-likeness (QED) is 0.505. The Kier molecular flexibility index (Phi) is 5.17. The van der Waals surface area contributed by atoms with Gasteiger partial charge in [0.2, 0.25) is 11.7 Å². The minimum Gasteiger partial charge on any atom is -0.478 e. The molecular weight excluding hydrogens is 286 g/mol. The van der Waals surface area contributed by atoms with Gasteiger partial charge in [0.05, 0.1) is 4.92 Å². The molecule has 1 aromatic rings. The van der Waals surface area contributed by atoms with Crippen molar-refractivity contribution >= 4 is 23.5 Å². The van der Waals surface area contributed by atoms with Crippen molar-refractivity contribution in [1.29, 1.82) is 0 Å². The summed E-state index contributed by atoms with van der Waals surface area (Å²) in [6.45, 7) is 0.455. The minimum absolute atomic E-state index is 0.448. The Bertz CT molecular complexity index is 567. The molecule has 112 valence electrons. The average Bonchev–Trinajstić information content (AvgIpc) is 2.42. The van der Waals surface area contributed by atoms with Crippen LogP contribution in [0.3, 0.4) is 0 Å². The van der Waals surface area contributed by atoms with Gasteiger partial charge in [-0.3, -0.25) is 30.6 Å². The molecular formula is C11H11N3O7. The second-order valence-electron chi connectivity index (χ2n) is 3.73. The summed E-state index contributed by atoms with van der Waals surface area (Å²) in [5, 5.41) is 19.8. The van der Waals surface area contributed by atoms with Crippen molar-refractivity contribution in [2.45, 2.75) is 6.92 Å². The van der Waals surface area contributed by atoms with Gasteiger partial charge in [-0.15, -0.1) is 0 Å². The lowest BCUT2D eigenvalue weighted by Crippen LogP contribution is -2.42. The van der Waals surface area contributed by atoms with Crippen molar-refractivity contribution in [3.05, 3.63) is 33.9 Å². The van der Waals surface area contributed by atoms with Crippen LogP contribution in [0.1, 0.15) is 17.3 Å². The van der Waals surface area contributed by atoms with E-state index in [2.05, 4.69) is 0 Å². The molecule has 0 saturated heterocycles. The molecule has 1 rings (SSSR count). The van der Waals surface area contributed by atoms with Crippen LogP contribution in [0.4, 0.5) is 5.69 Å². The van der Waals surface area contributed by atoms with E-state index in [0.29, 0.717) is 0 Å². The number of amides is 2. The maximum atomic E-state index is 11.3. The van der Waals surface area contributed by atoms with E-state index in [1.54, 1.807) is 0 Å². The molecule has 0 bridgehead atoms. The van der Waals surface area contributed by atoms with Crippen LogP contribution in [0.25, 0.3) is 0 Å². The molecule has 0 aliphatic rings. The molecule has 0 aliphatic carbocycles. The largest absolute Gasteiger partial charge is 0.478 e. The standard InChI is InChI=1S/C11H11N3O7/c1-6(15)12-13-9(16)5-21-10-7(11(17)18)3-2-4-8(10)14(19)20/h2-4H,5H2,1H3,(H,12,15)(H,13,16)(H,17,18). The highest BCUT2D eigenvalue weighted by atomic mass is 16.6. The van der Waals surface area contributed by atoms with Crippen LogP contribution >= 0.6 is 0 Å². The first kappa shape index (κ1) is 15.9. The lowest BCUT2D eigenvalue weighted by Gasteiger charge is -2.09. The van der Waals surface area contributed by atoms with Crippen LogP contribution in [0.5, 0.6) is 5.75 Å². The van der Waals surface area contributed by atoms with E-state index in [4.69, 9.17) is 9.84 Å².